The fourth-order valence-corrected chi connectivity index (χ4v) is 3.84. The number of hydrazone groups is 1. The van der Waals surface area contributed by atoms with Gasteiger partial charge in [-0.2, -0.15) is 13.9 Å². The molecule has 0 aliphatic carbocycles. The van der Waals surface area contributed by atoms with Crippen molar-refractivity contribution in [1.29, 1.82) is 0 Å². The van der Waals surface area contributed by atoms with Crippen molar-refractivity contribution in [3.63, 3.8) is 0 Å². The third kappa shape index (κ3) is 4.97. The van der Waals surface area contributed by atoms with Gasteiger partial charge in [-0.15, -0.1) is 11.3 Å². The van der Waals surface area contributed by atoms with Gasteiger partial charge in [-0.05, 0) is 48.0 Å². The summed E-state index contributed by atoms with van der Waals surface area (Å²) in [5.41, 5.74) is -0.151. The van der Waals surface area contributed by atoms with Crippen molar-refractivity contribution >= 4 is 56.7 Å². The standard InChI is InChI=1S/C19H13Cl2F3N2O3S/c1-28-12-6-7-13-14(8-12)30-16(15(13)20)17(27)26-25-9-10-2-4-11(5-3-10)29-19(23,24)18(21)22/h2-9,18H,1H3,(H,26,27). The number of benzene rings is 2. The number of ether oxygens (including phenoxy) is 2. The maximum absolute atomic E-state index is 13.1. The lowest BCUT2D eigenvalue weighted by atomic mass is 10.2. The number of methoxy groups -OCH3 is 1. The van der Waals surface area contributed by atoms with Gasteiger partial charge in [0.1, 0.15) is 16.4 Å². The van der Waals surface area contributed by atoms with Crippen LogP contribution in [0.5, 0.6) is 11.5 Å². The van der Waals surface area contributed by atoms with Gasteiger partial charge in [0.2, 0.25) is 0 Å². The molecule has 1 unspecified atom stereocenters. The molecule has 0 bridgehead atoms. The molecule has 1 N–H and O–H groups in total. The highest BCUT2D eigenvalue weighted by molar-refractivity contribution is 7.21. The molecular weight excluding hydrogens is 464 g/mol. The molecule has 0 saturated heterocycles. The molecule has 0 aliphatic heterocycles. The van der Waals surface area contributed by atoms with E-state index >= 15 is 0 Å². The zero-order valence-electron chi connectivity index (χ0n) is 15.2. The highest BCUT2D eigenvalue weighted by Crippen LogP contribution is 2.37. The van der Waals surface area contributed by atoms with Crippen LogP contribution in [-0.2, 0) is 0 Å². The molecule has 0 saturated carbocycles. The molecule has 0 spiro atoms. The van der Waals surface area contributed by atoms with Gasteiger partial charge in [0.05, 0.1) is 18.3 Å². The van der Waals surface area contributed by atoms with Gasteiger partial charge in [0, 0.05) is 10.1 Å². The molecule has 3 rings (SSSR count). The molecular formula is C19H13Cl2F3N2O3S. The number of thiophene rings is 1. The number of hydrogen-bond donors (Lipinski definition) is 1. The van der Waals surface area contributed by atoms with Crippen molar-refractivity contribution < 1.29 is 27.4 Å². The molecule has 0 aliphatic rings. The summed E-state index contributed by atoms with van der Waals surface area (Å²) < 4.78 is 49.0. The number of nitrogens with zero attached hydrogens (tertiary/aromatic N) is 1. The van der Waals surface area contributed by atoms with Crippen LogP contribution in [0, 0.1) is 0 Å². The summed E-state index contributed by atoms with van der Waals surface area (Å²) >= 11 is 12.2. The first kappa shape index (κ1) is 22.2. The summed E-state index contributed by atoms with van der Waals surface area (Å²) in [5.74, 6) is -0.146. The second-order valence-electron chi connectivity index (χ2n) is 5.84. The number of carbonyl (C=O) groups is 1. The van der Waals surface area contributed by atoms with E-state index in [9.17, 15) is 18.0 Å². The number of carbonyl (C=O) groups excluding carboxylic acids is 1. The van der Waals surface area contributed by atoms with Crippen LogP contribution in [0.25, 0.3) is 10.1 Å². The molecule has 3 aromatic rings. The van der Waals surface area contributed by atoms with Crippen molar-refractivity contribution in [3.05, 3.63) is 57.9 Å². The maximum atomic E-state index is 13.1. The first-order chi connectivity index (χ1) is 14.2. The molecule has 0 radical (unpaired) electrons. The SMILES string of the molecule is COc1ccc2c(Cl)c(C(=O)NN=Cc3ccc(OC(F)(F)C(F)Cl)cc3)sc2c1. The van der Waals surface area contributed by atoms with E-state index in [1.807, 2.05) is 0 Å². The lowest BCUT2D eigenvalue weighted by Gasteiger charge is -2.17. The number of fused-ring (bicyclic) bond motifs is 1. The first-order valence-electron chi connectivity index (χ1n) is 8.25. The molecule has 158 valence electrons. The summed E-state index contributed by atoms with van der Waals surface area (Å²) in [4.78, 5) is 12.7. The third-order valence-corrected chi connectivity index (χ3v) is 5.72. The van der Waals surface area contributed by atoms with Crippen molar-refractivity contribution in [2.75, 3.05) is 7.11 Å². The van der Waals surface area contributed by atoms with Crippen LogP contribution in [0.3, 0.4) is 0 Å². The topological polar surface area (TPSA) is 59.9 Å². The molecule has 1 amide bonds. The van der Waals surface area contributed by atoms with Gasteiger partial charge in [0.25, 0.3) is 11.5 Å². The predicted octanol–water partition coefficient (Wildman–Crippen LogP) is 5.83. The molecule has 11 heteroatoms. The largest absolute Gasteiger partial charge is 0.497 e. The Morgan fingerprint density at radius 2 is 1.90 bits per heavy atom. The number of amides is 1. The van der Waals surface area contributed by atoms with E-state index in [-0.39, 0.29) is 10.6 Å². The van der Waals surface area contributed by atoms with Gasteiger partial charge >= 0.3 is 6.11 Å². The Morgan fingerprint density at radius 3 is 2.53 bits per heavy atom. The van der Waals surface area contributed by atoms with Crippen LogP contribution >= 0.6 is 34.5 Å². The molecule has 5 nitrogen and oxygen atoms in total. The fraction of sp³-hybridized carbons (Fsp3) is 0.158. The average Bonchev–Trinajstić information content (AvgIpc) is 3.04. The minimum Gasteiger partial charge on any atom is -0.497 e. The minimum atomic E-state index is -4.15. The van der Waals surface area contributed by atoms with Crippen LogP contribution < -0.4 is 14.9 Å². The van der Waals surface area contributed by atoms with Crippen LogP contribution in [0.4, 0.5) is 13.2 Å². The molecule has 1 atom stereocenters. The van der Waals surface area contributed by atoms with Gasteiger partial charge in [-0.25, -0.2) is 9.82 Å². The summed E-state index contributed by atoms with van der Waals surface area (Å²) in [5, 5.41) is 4.85. The van der Waals surface area contributed by atoms with E-state index in [1.165, 1.54) is 41.8 Å². The molecule has 30 heavy (non-hydrogen) atoms. The van der Waals surface area contributed by atoms with Crippen molar-refractivity contribution in [3.8, 4) is 11.5 Å². The molecule has 2 aromatic carbocycles. The van der Waals surface area contributed by atoms with E-state index in [4.69, 9.17) is 27.9 Å². The van der Waals surface area contributed by atoms with Crippen LogP contribution in [0.15, 0.2) is 47.6 Å². The van der Waals surface area contributed by atoms with Gasteiger partial charge in [-0.1, -0.05) is 23.2 Å². The lowest BCUT2D eigenvalue weighted by molar-refractivity contribution is -0.199. The Hall–Kier alpha value is -2.49. The number of nitrogens with one attached hydrogen (secondary N) is 1. The zero-order valence-corrected chi connectivity index (χ0v) is 17.5. The van der Waals surface area contributed by atoms with E-state index in [2.05, 4.69) is 15.3 Å². The molecule has 1 heterocycles. The number of halogens is 5. The lowest BCUT2D eigenvalue weighted by Crippen LogP contribution is -2.32. The minimum absolute atomic E-state index is 0.281. The average molecular weight is 477 g/mol. The summed E-state index contributed by atoms with van der Waals surface area (Å²) in [6.45, 7) is 0. The van der Waals surface area contributed by atoms with Crippen LogP contribution in [0.2, 0.25) is 5.02 Å². The van der Waals surface area contributed by atoms with E-state index in [1.54, 1.807) is 25.3 Å². The number of alkyl halides is 4. The van der Waals surface area contributed by atoms with E-state index in [0.29, 0.717) is 16.3 Å². The molecule has 1 aromatic heterocycles. The maximum Gasteiger partial charge on any atom is 0.444 e. The second kappa shape index (κ2) is 9.11. The second-order valence-corrected chi connectivity index (χ2v) is 7.65. The van der Waals surface area contributed by atoms with E-state index in [0.717, 1.165) is 10.1 Å². The Morgan fingerprint density at radius 1 is 1.23 bits per heavy atom. The predicted molar refractivity (Wildman–Crippen MR) is 111 cm³/mol. The van der Waals surface area contributed by atoms with Crippen molar-refractivity contribution in [1.82, 2.24) is 5.43 Å². The van der Waals surface area contributed by atoms with E-state index < -0.39 is 17.6 Å². The summed E-state index contributed by atoms with van der Waals surface area (Å²) in [6, 6.07) is 10.4. The van der Waals surface area contributed by atoms with Gasteiger partial charge < -0.3 is 9.47 Å². The monoisotopic (exact) mass is 476 g/mol. The third-order valence-electron chi connectivity index (χ3n) is 3.81. The Labute approximate surface area is 183 Å². The quantitative estimate of drug-likeness (QED) is 0.265. The first-order valence-corrected chi connectivity index (χ1v) is 9.89. The highest BCUT2D eigenvalue weighted by Gasteiger charge is 2.42. The fourth-order valence-electron chi connectivity index (χ4n) is 2.36. The van der Waals surface area contributed by atoms with Gasteiger partial charge in [-0.3, -0.25) is 4.79 Å². The van der Waals surface area contributed by atoms with Crippen LogP contribution in [-0.4, -0.2) is 31.0 Å². The van der Waals surface area contributed by atoms with Crippen molar-refractivity contribution in [2.24, 2.45) is 5.10 Å². The zero-order chi connectivity index (χ0) is 21.9. The Balaban J connectivity index is 1.66. The van der Waals surface area contributed by atoms with Gasteiger partial charge in [0.15, 0.2) is 0 Å². The Kier molecular flexibility index (Phi) is 6.74. The summed E-state index contributed by atoms with van der Waals surface area (Å²) in [6.07, 6.45) is -2.86. The Bertz CT molecular complexity index is 1090. The smallest absolute Gasteiger partial charge is 0.444 e. The van der Waals surface area contributed by atoms with Crippen LogP contribution in [0.1, 0.15) is 15.2 Å². The van der Waals surface area contributed by atoms with Crippen molar-refractivity contribution in [2.45, 2.75) is 11.7 Å². The molecule has 0 fully saturated rings. The highest BCUT2D eigenvalue weighted by atomic mass is 35.5. The summed E-state index contributed by atoms with van der Waals surface area (Å²) in [7, 11) is 1.54. The number of rotatable bonds is 7. The normalized spacial score (nSPS) is 12.9. The number of hydrogen-bond acceptors (Lipinski definition) is 5.